The molecule has 0 spiro atoms. The summed E-state index contributed by atoms with van der Waals surface area (Å²) in [5.74, 6) is 0.129. The SMILES string of the molecule is CCOC(=O)C1=C(CN2CCN(c3cccc(Cl)c3)CC2)NC(=O)NC1c1ccccc1OC. The van der Waals surface area contributed by atoms with E-state index in [0.29, 0.717) is 34.2 Å². The van der Waals surface area contributed by atoms with E-state index in [1.807, 2.05) is 42.5 Å². The van der Waals surface area contributed by atoms with E-state index >= 15 is 0 Å². The molecular weight excluding hydrogens is 456 g/mol. The van der Waals surface area contributed by atoms with Gasteiger partial charge in [-0.2, -0.15) is 0 Å². The molecule has 9 heteroatoms. The molecule has 2 amide bonds. The maximum Gasteiger partial charge on any atom is 0.338 e. The smallest absolute Gasteiger partial charge is 0.338 e. The molecule has 2 aromatic carbocycles. The van der Waals surface area contributed by atoms with Crippen molar-refractivity contribution >= 4 is 29.3 Å². The zero-order valence-corrected chi connectivity index (χ0v) is 20.1. The summed E-state index contributed by atoms with van der Waals surface area (Å²) in [7, 11) is 1.57. The highest BCUT2D eigenvalue weighted by Gasteiger charge is 2.36. The third-order valence-corrected chi connectivity index (χ3v) is 6.26. The summed E-state index contributed by atoms with van der Waals surface area (Å²) in [5, 5.41) is 6.44. The zero-order valence-electron chi connectivity index (χ0n) is 19.3. The van der Waals surface area contributed by atoms with Crippen LogP contribution >= 0.6 is 11.6 Å². The van der Waals surface area contributed by atoms with Crippen LogP contribution in [0.5, 0.6) is 5.75 Å². The summed E-state index contributed by atoms with van der Waals surface area (Å²) in [4.78, 5) is 30.2. The molecular formula is C25H29ClN4O4. The number of hydrogen-bond donors (Lipinski definition) is 2. The van der Waals surface area contributed by atoms with Gasteiger partial charge in [0.1, 0.15) is 5.75 Å². The van der Waals surface area contributed by atoms with Crippen LogP contribution in [0.25, 0.3) is 0 Å². The standard InChI is InChI=1S/C25H29ClN4O4/c1-3-34-24(31)22-20(27-25(32)28-23(22)19-9-4-5-10-21(19)33-2)16-29-11-13-30(14-12-29)18-8-6-7-17(26)15-18/h4-10,15,23H,3,11-14,16H2,1-2H3,(H2,27,28,32). The summed E-state index contributed by atoms with van der Waals surface area (Å²) in [6.07, 6.45) is 0. The van der Waals surface area contributed by atoms with Crippen LogP contribution in [-0.2, 0) is 9.53 Å². The Morgan fingerprint density at radius 1 is 1.12 bits per heavy atom. The van der Waals surface area contributed by atoms with E-state index in [2.05, 4.69) is 20.4 Å². The normalized spacial score (nSPS) is 18.9. The molecule has 2 heterocycles. The Labute approximate surface area is 204 Å². The van der Waals surface area contributed by atoms with Gasteiger partial charge in [0.05, 0.1) is 25.3 Å². The van der Waals surface area contributed by atoms with Crippen LogP contribution in [0.4, 0.5) is 10.5 Å². The fraction of sp³-hybridized carbons (Fsp3) is 0.360. The average molecular weight is 485 g/mol. The number of para-hydroxylation sites is 1. The molecule has 0 bridgehead atoms. The lowest BCUT2D eigenvalue weighted by Gasteiger charge is -2.38. The summed E-state index contributed by atoms with van der Waals surface area (Å²) < 4.78 is 10.9. The first-order valence-corrected chi connectivity index (χ1v) is 11.7. The summed E-state index contributed by atoms with van der Waals surface area (Å²) in [6, 6.07) is 14.1. The van der Waals surface area contributed by atoms with Crippen LogP contribution in [-0.4, -0.2) is 63.3 Å². The minimum atomic E-state index is -0.674. The molecule has 0 aromatic heterocycles. The molecule has 2 aromatic rings. The van der Waals surface area contributed by atoms with Crippen LogP contribution < -0.4 is 20.3 Å². The predicted molar refractivity (Wildman–Crippen MR) is 131 cm³/mol. The lowest BCUT2D eigenvalue weighted by Crippen LogP contribution is -2.51. The van der Waals surface area contributed by atoms with Crippen molar-refractivity contribution in [3.05, 3.63) is 70.4 Å². The van der Waals surface area contributed by atoms with Crippen LogP contribution in [0.3, 0.4) is 0 Å². The quantitative estimate of drug-likeness (QED) is 0.586. The minimum Gasteiger partial charge on any atom is -0.496 e. The topological polar surface area (TPSA) is 83.1 Å². The van der Waals surface area contributed by atoms with E-state index < -0.39 is 12.0 Å². The second-order valence-corrected chi connectivity index (χ2v) is 8.57. The van der Waals surface area contributed by atoms with Crippen LogP contribution in [0, 0.1) is 0 Å². The van der Waals surface area contributed by atoms with Crippen molar-refractivity contribution < 1.29 is 19.1 Å². The first kappa shape index (κ1) is 23.9. The number of benzene rings is 2. The molecule has 4 rings (SSSR count). The Bertz CT molecular complexity index is 1080. The van der Waals surface area contributed by atoms with E-state index in [9.17, 15) is 9.59 Å². The molecule has 180 valence electrons. The van der Waals surface area contributed by atoms with Gasteiger partial charge < -0.3 is 25.0 Å². The molecule has 0 radical (unpaired) electrons. The van der Waals surface area contributed by atoms with Gasteiger partial charge in [0.15, 0.2) is 0 Å². The summed E-state index contributed by atoms with van der Waals surface area (Å²) >= 11 is 6.15. The minimum absolute atomic E-state index is 0.237. The van der Waals surface area contributed by atoms with E-state index in [1.54, 1.807) is 20.1 Å². The first-order chi connectivity index (χ1) is 16.5. The maximum absolute atomic E-state index is 13.1. The lowest BCUT2D eigenvalue weighted by atomic mass is 9.94. The number of rotatable bonds is 7. The van der Waals surface area contributed by atoms with Crippen LogP contribution in [0.15, 0.2) is 59.8 Å². The number of ether oxygens (including phenoxy) is 2. The third kappa shape index (κ3) is 5.29. The van der Waals surface area contributed by atoms with Gasteiger partial charge in [-0.15, -0.1) is 0 Å². The number of nitrogens with zero attached hydrogens (tertiary/aromatic N) is 2. The van der Waals surface area contributed by atoms with Gasteiger partial charge in [-0.05, 0) is 31.2 Å². The van der Waals surface area contributed by atoms with Crippen molar-refractivity contribution in [3.8, 4) is 5.75 Å². The number of methoxy groups -OCH3 is 1. The van der Waals surface area contributed by atoms with Crippen molar-refractivity contribution in [2.24, 2.45) is 0 Å². The van der Waals surface area contributed by atoms with Crippen molar-refractivity contribution in [1.29, 1.82) is 0 Å². The van der Waals surface area contributed by atoms with Crippen LogP contribution in [0.2, 0.25) is 5.02 Å². The Morgan fingerprint density at radius 2 is 1.88 bits per heavy atom. The zero-order chi connectivity index (χ0) is 24.1. The highest BCUT2D eigenvalue weighted by Crippen LogP contribution is 2.34. The van der Waals surface area contributed by atoms with Gasteiger partial charge in [0, 0.05) is 54.7 Å². The number of anilines is 1. The molecule has 2 N–H and O–H groups in total. The number of carbonyl (C=O) groups is 2. The number of nitrogens with one attached hydrogen (secondary N) is 2. The van der Waals surface area contributed by atoms with Gasteiger partial charge in [0.2, 0.25) is 0 Å². The number of halogens is 1. The fourth-order valence-electron chi connectivity index (χ4n) is 4.39. The van der Waals surface area contributed by atoms with Crippen LogP contribution in [0.1, 0.15) is 18.5 Å². The van der Waals surface area contributed by atoms with Crippen molar-refractivity contribution in [2.75, 3.05) is 51.3 Å². The molecule has 2 aliphatic rings. The summed E-state index contributed by atoms with van der Waals surface area (Å²) in [5.41, 5.74) is 2.73. The predicted octanol–water partition coefficient (Wildman–Crippen LogP) is 3.34. The monoisotopic (exact) mass is 484 g/mol. The van der Waals surface area contributed by atoms with Gasteiger partial charge in [-0.3, -0.25) is 4.90 Å². The third-order valence-electron chi connectivity index (χ3n) is 6.03. The van der Waals surface area contributed by atoms with Crippen molar-refractivity contribution in [1.82, 2.24) is 15.5 Å². The maximum atomic E-state index is 13.1. The van der Waals surface area contributed by atoms with E-state index in [-0.39, 0.29) is 12.6 Å². The van der Waals surface area contributed by atoms with Gasteiger partial charge >= 0.3 is 12.0 Å². The molecule has 1 saturated heterocycles. The number of esters is 1. The Morgan fingerprint density at radius 3 is 2.59 bits per heavy atom. The molecule has 0 aliphatic carbocycles. The largest absolute Gasteiger partial charge is 0.496 e. The highest BCUT2D eigenvalue weighted by molar-refractivity contribution is 6.30. The molecule has 1 unspecified atom stereocenters. The Kier molecular flexibility index (Phi) is 7.59. The molecule has 1 fully saturated rings. The van der Waals surface area contributed by atoms with E-state index in [4.69, 9.17) is 21.1 Å². The van der Waals surface area contributed by atoms with Gasteiger partial charge in [0.25, 0.3) is 0 Å². The molecule has 34 heavy (non-hydrogen) atoms. The lowest BCUT2D eigenvalue weighted by molar-refractivity contribution is -0.139. The Hall–Kier alpha value is -3.23. The first-order valence-electron chi connectivity index (χ1n) is 11.3. The number of carbonyl (C=O) groups excluding carboxylic acids is 2. The number of urea groups is 1. The van der Waals surface area contributed by atoms with Gasteiger partial charge in [-0.25, -0.2) is 9.59 Å². The molecule has 1 atom stereocenters. The Balaban J connectivity index is 1.58. The molecule has 2 aliphatic heterocycles. The summed E-state index contributed by atoms with van der Waals surface area (Å²) in [6.45, 7) is 5.59. The average Bonchev–Trinajstić information content (AvgIpc) is 2.84. The van der Waals surface area contributed by atoms with E-state index in [0.717, 1.165) is 31.9 Å². The second-order valence-electron chi connectivity index (χ2n) is 8.13. The molecule has 8 nitrogen and oxygen atoms in total. The fourth-order valence-corrected chi connectivity index (χ4v) is 4.58. The van der Waals surface area contributed by atoms with E-state index in [1.165, 1.54) is 0 Å². The van der Waals surface area contributed by atoms with Crippen molar-refractivity contribution in [3.63, 3.8) is 0 Å². The number of hydrogen-bond acceptors (Lipinski definition) is 6. The number of piperazine rings is 1. The molecule has 0 saturated carbocycles. The number of amides is 2. The second kappa shape index (κ2) is 10.8. The van der Waals surface area contributed by atoms with Crippen molar-refractivity contribution in [2.45, 2.75) is 13.0 Å². The highest BCUT2D eigenvalue weighted by atomic mass is 35.5. The van der Waals surface area contributed by atoms with Gasteiger partial charge in [-0.1, -0.05) is 35.9 Å².